The SMILES string of the molecule is S=C(NCCc1ncno1)NC1CCCC1. The van der Waals surface area contributed by atoms with Gasteiger partial charge in [0.15, 0.2) is 11.4 Å². The average molecular weight is 240 g/mol. The van der Waals surface area contributed by atoms with Gasteiger partial charge in [0.25, 0.3) is 0 Å². The van der Waals surface area contributed by atoms with E-state index in [-0.39, 0.29) is 0 Å². The van der Waals surface area contributed by atoms with Gasteiger partial charge in [-0.05, 0) is 25.1 Å². The minimum Gasteiger partial charge on any atom is -0.362 e. The molecule has 0 saturated heterocycles. The van der Waals surface area contributed by atoms with E-state index in [4.69, 9.17) is 16.7 Å². The molecule has 2 rings (SSSR count). The fourth-order valence-electron chi connectivity index (χ4n) is 1.90. The number of thiocarbonyl (C=S) groups is 1. The largest absolute Gasteiger partial charge is 0.362 e. The molecule has 1 aromatic heterocycles. The Morgan fingerprint density at radius 2 is 2.31 bits per heavy atom. The summed E-state index contributed by atoms with van der Waals surface area (Å²) in [4.78, 5) is 3.93. The molecule has 1 aromatic rings. The standard InChI is InChI=1S/C10H16N4OS/c16-10(14-8-3-1-2-4-8)11-6-5-9-12-7-13-15-9/h7-8H,1-6H2,(H2,11,14,16). The van der Waals surface area contributed by atoms with Gasteiger partial charge in [0.2, 0.25) is 5.89 Å². The normalized spacial score (nSPS) is 16.2. The summed E-state index contributed by atoms with van der Waals surface area (Å²) in [5, 5.41) is 10.7. The van der Waals surface area contributed by atoms with Crippen molar-refractivity contribution in [3.8, 4) is 0 Å². The van der Waals surface area contributed by atoms with Crippen molar-refractivity contribution in [3.63, 3.8) is 0 Å². The van der Waals surface area contributed by atoms with E-state index in [1.807, 2.05) is 0 Å². The summed E-state index contributed by atoms with van der Waals surface area (Å²) in [6.45, 7) is 0.723. The van der Waals surface area contributed by atoms with E-state index >= 15 is 0 Å². The molecule has 0 atom stereocenters. The highest BCUT2D eigenvalue weighted by atomic mass is 32.1. The van der Waals surface area contributed by atoms with Crippen LogP contribution in [0.2, 0.25) is 0 Å². The molecule has 6 heteroatoms. The molecule has 0 spiro atoms. The van der Waals surface area contributed by atoms with Gasteiger partial charge in [0.05, 0.1) is 0 Å². The van der Waals surface area contributed by atoms with Crippen molar-refractivity contribution in [3.05, 3.63) is 12.2 Å². The third-order valence-corrected chi connectivity index (χ3v) is 2.98. The van der Waals surface area contributed by atoms with Crippen molar-refractivity contribution in [2.24, 2.45) is 0 Å². The average Bonchev–Trinajstić information content (AvgIpc) is 2.90. The van der Waals surface area contributed by atoms with Gasteiger partial charge in [0.1, 0.15) is 0 Å². The molecular formula is C10H16N4OS. The van der Waals surface area contributed by atoms with Gasteiger partial charge < -0.3 is 15.2 Å². The minimum absolute atomic E-state index is 0.559. The van der Waals surface area contributed by atoms with Crippen LogP contribution in [0.3, 0.4) is 0 Å². The molecule has 0 aromatic carbocycles. The Morgan fingerprint density at radius 1 is 1.50 bits per heavy atom. The third kappa shape index (κ3) is 3.44. The van der Waals surface area contributed by atoms with Crippen LogP contribution in [-0.2, 0) is 6.42 Å². The summed E-state index contributed by atoms with van der Waals surface area (Å²) in [5.41, 5.74) is 0. The van der Waals surface area contributed by atoms with Crippen molar-refractivity contribution >= 4 is 17.3 Å². The van der Waals surface area contributed by atoms with Crippen LogP contribution in [0.4, 0.5) is 0 Å². The van der Waals surface area contributed by atoms with E-state index in [2.05, 4.69) is 20.8 Å². The van der Waals surface area contributed by atoms with E-state index in [1.165, 1.54) is 32.0 Å². The van der Waals surface area contributed by atoms with Crippen molar-refractivity contribution in [1.29, 1.82) is 0 Å². The highest BCUT2D eigenvalue weighted by Crippen LogP contribution is 2.17. The quantitative estimate of drug-likeness (QED) is 0.766. The van der Waals surface area contributed by atoms with E-state index < -0.39 is 0 Å². The lowest BCUT2D eigenvalue weighted by Crippen LogP contribution is -2.41. The first-order chi connectivity index (χ1) is 7.84. The summed E-state index contributed by atoms with van der Waals surface area (Å²) in [6.07, 6.45) is 7.18. The van der Waals surface area contributed by atoms with Crippen LogP contribution < -0.4 is 10.6 Å². The molecule has 88 valence electrons. The number of rotatable bonds is 4. The molecule has 0 bridgehead atoms. The van der Waals surface area contributed by atoms with Crippen molar-refractivity contribution in [1.82, 2.24) is 20.8 Å². The van der Waals surface area contributed by atoms with E-state index in [9.17, 15) is 0 Å². The Hall–Kier alpha value is -1.17. The zero-order chi connectivity index (χ0) is 11.2. The Morgan fingerprint density at radius 3 is 3.00 bits per heavy atom. The number of nitrogens with zero attached hydrogens (tertiary/aromatic N) is 2. The molecule has 1 aliphatic carbocycles. The van der Waals surface area contributed by atoms with Gasteiger partial charge in [-0.1, -0.05) is 18.0 Å². The zero-order valence-corrected chi connectivity index (χ0v) is 9.92. The van der Waals surface area contributed by atoms with Crippen LogP contribution in [0.25, 0.3) is 0 Å². The summed E-state index contributed by atoms with van der Waals surface area (Å²) < 4.78 is 4.88. The predicted octanol–water partition coefficient (Wildman–Crippen LogP) is 1.02. The van der Waals surface area contributed by atoms with Gasteiger partial charge >= 0.3 is 0 Å². The van der Waals surface area contributed by atoms with Crippen molar-refractivity contribution in [2.45, 2.75) is 38.1 Å². The molecule has 0 amide bonds. The summed E-state index contributed by atoms with van der Waals surface area (Å²) >= 11 is 5.20. The Balaban J connectivity index is 1.60. The summed E-state index contributed by atoms with van der Waals surface area (Å²) in [5.74, 6) is 0.635. The number of aromatic nitrogens is 2. The molecule has 2 N–H and O–H groups in total. The fourth-order valence-corrected chi connectivity index (χ4v) is 2.16. The lowest BCUT2D eigenvalue weighted by molar-refractivity contribution is 0.377. The van der Waals surface area contributed by atoms with Crippen LogP contribution in [-0.4, -0.2) is 27.8 Å². The van der Waals surface area contributed by atoms with Crippen LogP contribution in [0.15, 0.2) is 10.9 Å². The Bertz CT molecular complexity index is 322. The number of hydrogen-bond acceptors (Lipinski definition) is 4. The number of nitrogens with one attached hydrogen (secondary N) is 2. The second-order valence-electron chi connectivity index (χ2n) is 3.97. The second kappa shape index (κ2) is 5.79. The molecule has 5 nitrogen and oxygen atoms in total. The topological polar surface area (TPSA) is 63.0 Å². The fraction of sp³-hybridized carbons (Fsp3) is 0.700. The second-order valence-corrected chi connectivity index (χ2v) is 4.37. The molecule has 16 heavy (non-hydrogen) atoms. The Kier molecular flexibility index (Phi) is 4.10. The maximum absolute atomic E-state index is 5.20. The van der Waals surface area contributed by atoms with Gasteiger partial charge in [-0.25, -0.2) is 0 Å². The molecule has 1 heterocycles. The first-order valence-corrected chi connectivity index (χ1v) is 6.05. The molecule has 0 aliphatic heterocycles. The zero-order valence-electron chi connectivity index (χ0n) is 9.11. The van der Waals surface area contributed by atoms with Crippen LogP contribution in [0, 0.1) is 0 Å². The monoisotopic (exact) mass is 240 g/mol. The van der Waals surface area contributed by atoms with Crippen LogP contribution in [0.1, 0.15) is 31.6 Å². The predicted molar refractivity (Wildman–Crippen MR) is 64.0 cm³/mol. The first kappa shape index (κ1) is 11.3. The molecule has 1 aliphatic rings. The Labute approximate surface area is 100.0 Å². The maximum Gasteiger partial charge on any atom is 0.228 e. The van der Waals surface area contributed by atoms with E-state index in [0.717, 1.165) is 11.7 Å². The van der Waals surface area contributed by atoms with Gasteiger partial charge in [0, 0.05) is 19.0 Å². The molecule has 1 fully saturated rings. The van der Waals surface area contributed by atoms with Gasteiger partial charge in [-0.2, -0.15) is 4.98 Å². The number of hydrogen-bond donors (Lipinski definition) is 2. The lowest BCUT2D eigenvalue weighted by atomic mass is 10.3. The molecule has 0 radical (unpaired) electrons. The van der Waals surface area contributed by atoms with Gasteiger partial charge in [-0.3, -0.25) is 0 Å². The van der Waals surface area contributed by atoms with Gasteiger partial charge in [-0.15, -0.1) is 0 Å². The van der Waals surface area contributed by atoms with Crippen molar-refractivity contribution in [2.75, 3.05) is 6.54 Å². The van der Waals surface area contributed by atoms with Crippen LogP contribution in [0.5, 0.6) is 0 Å². The third-order valence-electron chi connectivity index (χ3n) is 2.72. The van der Waals surface area contributed by atoms with E-state index in [0.29, 0.717) is 18.4 Å². The van der Waals surface area contributed by atoms with E-state index in [1.54, 1.807) is 0 Å². The summed E-state index contributed by atoms with van der Waals surface area (Å²) in [7, 11) is 0. The molecule has 0 unspecified atom stereocenters. The van der Waals surface area contributed by atoms with Crippen LogP contribution >= 0.6 is 12.2 Å². The lowest BCUT2D eigenvalue weighted by Gasteiger charge is -2.15. The summed E-state index contributed by atoms with van der Waals surface area (Å²) in [6, 6.07) is 0.559. The molecule has 1 saturated carbocycles. The molecular weight excluding hydrogens is 224 g/mol. The van der Waals surface area contributed by atoms with Crippen molar-refractivity contribution < 1.29 is 4.52 Å². The minimum atomic E-state index is 0.559. The smallest absolute Gasteiger partial charge is 0.228 e. The maximum atomic E-state index is 5.20. The first-order valence-electron chi connectivity index (χ1n) is 5.64. The highest BCUT2D eigenvalue weighted by Gasteiger charge is 2.15. The highest BCUT2D eigenvalue weighted by molar-refractivity contribution is 7.80.